The number of nitrogen functional groups attached to an aromatic ring is 1. The monoisotopic (exact) mass is 307 g/mol. The fourth-order valence-corrected chi connectivity index (χ4v) is 2.40. The fraction of sp³-hybridized carbons (Fsp3) is 0.312. The number of rotatable bonds is 6. The average molecular weight is 308 g/mol. The minimum Gasteiger partial charge on any atom is -0.383 e. The van der Waals surface area contributed by atoms with Crippen molar-refractivity contribution in [2.45, 2.75) is 25.8 Å². The van der Waals surface area contributed by atoms with Gasteiger partial charge in [-0.2, -0.15) is 0 Å². The van der Waals surface area contributed by atoms with E-state index in [-0.39, 0.29) is 11.9 Å². The van der Waals surface area contributed by atoms with Crippen molar-refractivity contribution in [3.63, 3.8) is 0 Å². The van der Waals surface area contributed by atoms with Crippen LogP contribution in [0, 0.1) is 5.82 Å². The standard InChI is InChI=1S/C16H19ClFN3/c1-2-7-20-15(9-11-4-3-8-21-16(11)19)13-6-5-12(17)10-14(13)18/h3-6,8,10,15,20H,2,7,9H2,1H3,(H2,19,21). The normalized spacial score (nSPS) is 12.3. The van der Waals surface area contributed by atoms with Crippen LogP contribution in [0.25, 0.3) is 0 Å². The highest BCUT2D eigenvalue weighted by Crippen LogP contribution is 2.25. The van der Waals surface area contributed by atoms with Crippen LogP contribution in [-0.4, -0.2) is 11.5 Å². The van der Waals surface area contributed by atoms with E-state index in [0.29, 0.717) is 22.8 Å². The molecule has 0 spiro atoms. The topological polar surface area (TPSA) is 50.9 Å². The Bertz CT molecular complexity index is 604. The molecule has 2 aromatic rings. The van der Waals surface area contributed by atoms with Gasteiger partial charge in [-0.25, -0.2) is 9.37 Å². The largest absolute Gasteiger partial charge is 0.383 e. The molecule has 1 aromatic heterocycles. The molecule has 0 fully saturated rings. The predicted octanol–water partition coefficient (Wildman–Crippen LogP) is 3.74. The molecule has 1 unspecified atom stereocenters. The molecule has 0 saturated heterocycles. The Morgan fingerprint density at radius 2 is 2.19 bits per heavy atom. The predicted molar refractivity (Wildman–Crippen MR) is 84.8 cm³/mol. The van der Waals surface area contributed by atoms with Gasteiger partial charge in [-0.3, -0.25) is 0 Å². The van der Waals surface area contributed by atoms with Crippen LogP contribution in [0.1, 0.15) is 30.5 Å². The van der Waals surface area contributed by atoms with Crippen molar-refractivity contribution in [3.05, 3.63) is 58.5 Å². The van der Waals surface area contributed by atoms with E-state index in [1.165, 1.54) is 6.07 Å². The Kier molecular flexibility index (Phi) is 5.53. The van der Waals surface area contributed by atoms with E-state index in [9.17, 15) is 4.39 Å². The maximum Gasteiger partial charge on any atom is 0.129 e. The molecule has 3 N–H and O–H groups in total. The molecule has 1 heterocycles. The second kappa shape index (κ2) is 7.38. The first kappa shape index (κ1) is 15.7. The van der Waals surface area contributed by atoms with E-state index in [1.807, 2.05) is 12.1 Å². The number of nitrogens with zero attached hydrogens (tertiary/aromatic N) is 1. The molecule has 0 saturated carbocycles. The fourth-order valence-electron chi connectivity index (χ4n) is 2.24. The third-order valence-corrected chi connectivity index (χ3v) is 3.56. The molecule has 3 nitrogen and oxygen atoms in total. The number of hydrogen-bond donors (Lipinski definition) is 2. The molecule has 0 bridgehead atoms. The van der Waals surface area contributed by atoms with Gasteiger partial charge in [0, 0.05) is 22.8 Å². The summed E-state index contributed by atoms with van der Waals surface area (Å²) in [4.78, 5) is 4.08. The summed E-state index contributed by atoms with van der Waals surface area (Å²) >= 11 is 5.82. The summed E-state index contributed by atoms with van der Waals surface area (Å²) in [5.74, 6) is 0.175. The van der Waals surface area contributed by atoms with E-state index >= 15 is 0 Å². The number of anilines is 1. The van der Waals surface area contributed by atoms with Crippen LogP contribution in [0.5, 0.6) is 0 Å². The summed E-state index contributed by atoms with van der Waals surface area (Å²) in [6, 6.07) is 8.35. The lowest BCUT2D eigenvalue weighted by Gasteiger charge is -2.20. The highest BCUT2D eigenvalue weighted by atomic mass is 35.5. The third-order valence-electron chi connectivity index (χ3n) is 3.33. The summed E-state index contributed by atoms with van der Waals surface area (Å²) in [5, 5.41) is 3.75. The van der Waals surface area contributed by atoms with E-state index in [4.69, 9.17) is 17.3 Å². The van der Waals surface area contributed by atoms with Crippen LogP contribution in [0.4, 0.5) is 10.2 Å². The van der Waals surface area contributed by atoms with Crippen molar-refractivity contribution in [2.24, 2.45) is 0 Å². The van der Waals surface area contributed by atoms with Gasteiger partial charge in [-0.1, -0.05) is 30.7 Å². The molecule has 1 atom stereocenters. The Labute approximate surface area is 129 Å². The molecule has 0 aliphatic heterocycles. The van der Waals surface area contributed by atoms with Crippen LogP contribution in [0.2, 0.25) is 5.02 Å². The zero-order valence-electron chi connectivity index (χ0n) is 11.9. The molecule has 0 aliphatic rings. The van der Waals surface area contributed by atoms with Gasteiger partial charge >= 0.3 is 0 Å². The molecule has 2 rings (SSSR count). The number of benzene rings is 1. The van der Waals surface area contributed by atoms with Gasteiger partial charge in [0.25, 0.3) is 0 Å². The van der Waals surface area contributed by atoms with Crippen molar-refractivity contribution in [3.8, 4) is 0 Å². The first-order chi connectivity index (χ1) is 10.1. The van der Waals surface area contributed by atoms with Gasteiger partial charge in [-0.15, -0.1) is 0 Å². The highest BCUT2D eigenvalue weighted by Gasteiger charge is 2.17. The lowest BCUT2D eigenvalue weighted by Crippen LogP contribution is -2.25. The summed E-state index contributed by atoms with van der Waals surface area (Å²) in [6.07, 6.45) is 3.20. The van der Waals surface area contributed by atoms with Gasteiger partial charge in [0.15, 0.2) is 0 Å². The first-order valence-electron chi connectivity index (χ1n) is 6.99. The molecule has 1 aromatic carbocycles. The second-order valence-corrected chi connectivity index (χ2v) is 5.36. The number of aromatic nitrogens is 1. The van der Waals surface area contributed by atoms with Gasteiger partial charge in [-0.05, 0) is 43.1 Å². The number of nitrogens with one attached hydrogen (secondary N) is 1. The minimum atomic E-state index is -0.307. The van der Waals surface area contributed by atoms with E-state index in [2.05, 4.69) is 17.2 Å². The minimum absolute atomic E-state index is 0.159. The lowest BCUT2D eigenvalue weighted by molar-refractivity contribution is 0.497. The molecule has 5 heteroatoms. The quantitative estimate of drug-likeness (QED) is 0.854. The molecule has 0 radical (unpaired) electrons. The average Bonchev–Trinajstić information content (AvgIpc) is 2.46. The SMILES string of the molecule is CCCNC(Cc1cccnc1N)c1ccc(Cl)cc1F. The number of pyridine rings is 1. The summed E-state index contributed by atoms with van der Waals surface area (Å²) in [6.45, 7) is 2.87. The Balaban J connectivity index is 2.27. The van der Waals surface area contributed by atoms with E-state index in [0.717, 1.165) is 18.5 Å². The summed E-state index contributed by atoms with van der Waals surface area (Å²) < 4.78 is 14.2. The van der Waals surface area contributed by atoms with Gasteiger partial charge in [0.1, 0.15) is 11.6 Å². The molecule has 21 heavy (non-hydrogen) atoms. The van der Waals surface area contributed by atoms with Crippen LogP contribution in [0.15, 0.2) is 36.5 Å². The smallest absolute Gasteiger partial charge is 0.129 e. The van der Waals surface area contributed by atoms with Crippen LogP contribution >= 0.6 is 11.6 Å². The Hall–Kier alpha value is -1.65. The van der Waals surface area contributed by atoms with Crippen molar-refractivity contribution in [2.75, 3.05) is 12.3 Å². The zero-order chi connectivity index (χ0) is 15.2. The number of halogens is 2. The molecular formula is C16H19ClFN3. The Morgan fingerprint density at radius 3 is 2.86 bits per heavy atom. The van der Waals surface area contributed by atoms with Crippen molar-refractivity contribution in [1.82, 2.24) is 10.3 Å². The van der Waals surface area contributed by atoms with Crippen LogP contribution in [-0.2, 0) is 6.42 Å². The van der Waals surface area contributed by atoms with Crippen molar-refractivity contribution >= 4 is 17.4 Å². The maximum absolute atomic E-state index is 14.2. The molecule has 0 amide bonds. The number of nitrogens with two attached hydrogens (primary N) is 1. The van der Waals surface area contributed by atoms with E-state index in [1.54, 1.807) is 18.3 Å². The second-order valence-electron chi connectivity index (χ2n) is 4.92. The van der Waals surface area contributed by atoms with Crippen LogP contribution in [0.3, 0.4) is 0 Å². The zero-order valence-corrected chi connectivity index (χ0v) is 12.7. The Morgan fingerprint density at radius 1 is 1.38 bits per heavy atom. The van der Waals surface area contributed by atoms with Gasteiger partial charge < -0.3 is 11.1 Å². The first-order valence-corrected chi connectivity index (χ1v) is 7.37. The maximum atomic E-state index is 14.2. The summed E-state index contributed by atoms with van der Waals surface area (Å²) in [7, 11) is 0. The van der Waals surface area contributed by atoms with Gasteiger partial charge in [0.05, 0.1) is 0 Å². The molecule has 112 valence electrons. The lowest BCUT2D eigenvalue weighted by atomic mass is 9.98. The molecular weight excluding hydrogens is 289 g/mol. The summed E-state index contributed by atoms with van der Waals surface area (Å²) in [5.41, 5.74) is 7.38. The van der Waals surface area contributed by atoms with E-state index < -0.39 is 0 Å². The highest BCUT2D eigenvalue weighted by molar-refractivity contribution is 6.30. The van der Waals surface area contributed by atoms with Crippen LogP contribution < -0.4 is 11.1 Å². The number of hydrogen-bond acceptors (Lipinski definition) is 3. The van der Waals surface area contributed by atoms with Gasteiger partial charge in [0.2, 0.25) is 0 Å². The molecule has 0 aliphatic carbocycles. The van der Waals surface area contributed by atoms with Crippen molar-refractivity contribution < 1.29 is 4.39 Å². The third kappa shape index (κ3) is 4.16. The van der Waals surface area contributed by atoms with Crippen molar-refractivity contribution in [1.29, 1.82) is 0 Å².